The third-order valence-corrected chi connectivity index (χ3v) is 3.95. The van der Waals surface area contributed by atoms with Crippen LogP contribution >= 0.6 is 0 Å². The quantitative estimate of drug-likeness (QED) is 0.869. The Hall–Kier alpha value is -2.35. The molecule has 0 unspecified atom stereocenters. The maximum Gasteiger partial charge on any atom is 0.277 e. The predicted molar refractivity (Wildman–Crippen MR) is 84.4 cm³/mol. The number of amides is 1. The van der Waals surface area contributed by atoms with E-state index >= 15 is 0 Å². The van der Waals surface area contributed by atoms with Gasteiger partial charge in [-0.2, -0.15) is 10.4 Å². The van der Waals surface area contributed by atoms with Gasteiger partial charge in [0.25, 0.3) is 5.91 Å². The molecule has 0 aliphatic heterocycles. The van der Waals surface area contributed by atoms with Crippen LogP contribution in [0.4, 0.5) is 0 Å². The van der Waals surface area contributed by atoms with Crippen LogP contribution in [-0.4, -0.2) is 18.2 Å². The summed E-state index contributed by atoms with van der Waals surface area (Å²) in [7, 11) is 0. The van der Waals surface area contributed by atoms with Crippen LogP contribution < -0.4 is 10.2 Å². The van der Waals surface area contributed by atoms with Gasteiger partial charge in [-0.25, -0.2) is 5.43 Å². The second-order valence-corrected chi connectivity index (χ2v) is 5.73. The number of hydrazone groups is 1. The second kappa shape index (κ2) is 7.60. The Morgan fingerprint density at radius 2 is 1.95 bits per heavy atom. The number of benzene rings is 1. The first-order chi connectivity index (χ1) is 10.6. The second-order valence-electron chi connectivity index (χ2n) is 5.73. The molecule has 1 aliphatic rings. The van der Waals surface area contributed by atoms with Gasteiger partial charge in [0.05, 0.1) is 11.6 Å². The number of hydrogen-bond acceptors (Lipinski definition) is 4. The van der Waals surface area contributed by atoms with Crippen molar-refractivity contribution in [1.82, 2.24) is 5.43 Å². The fraction of sp³-hybridized carbons (Fsp3) is 0.471. The fourth-order valence-electron chi connectivity index (χ4n) is 2.67. The van der Waals surface area contributed by atoms with Gasteiger partial charge in [0.1, 0.15) is 5.75 Å². The maximum atomic E-state index is 11.8. The molecule has 1 aromatic carbocycles. The highest BCUT2D eigenvalue weighted by Crippen LogP contribution is 2.25. The van der Waals surface area contributed by atoms with E-state index in [2.05, 4.69) is 24.4 Å². The van der Waals surface area contributed by atoms with E-state index in [1.807, 2.05) is 6.07 Å². The van der Waals surface area contributed by atoms with Gasteiger partial charge in [0, 0.05) is 5.71 Å². The molecule has 22 heavy (non-hydrogen) atoms. The summed E-state index contributed by atoms with van der Waals surface area (Å²) < 4.78 is 5.37. The van der Waals surface area contributed by atoms with Crippen LogP contribution in [0.25, 0.3) is 0 Å². The van der Waals surface area contributed by atoms with E-state index in [4.69, 9.17) is 10.00 Å². The minimum atomic E-state index is -0.276. The molecule has 0 radical (unpaired) electrons. The molecule has 0 saturated heterocycles. The Bertz CT molecular complexity index is 575. The van der Waals surface area contributed by atoms with Gasteiger partial charge in [-0.05, 0) is 48.9 Å². The summed E-state index contributed by atoms with van der Waals surface area (Å²) in [6.45, 7) is 4.20. The Morgan fingerprint density at radius 1 is 1.32 bits per heavy atom. The van der Waals surface area contributed by atoms with Crippen molar-refractivity contribution in [2.45, 2.75) is 33.1 Å². The highest BCUT2D eigenvalue weighted by Gasteiger charge is 2.23. The SMILES string of the molecule is C[C@H]1CCC[C@H](C)C1=NNC(=O)COc1ccc(C#N)cc1. The third kappa shape index (κ3) is 4.32. The van der Waals surface area contributed by atoms with E-state index in [0.29, 0.717) is 23.1 Å². The van der Waals surface area contributed by atoms with Crippen molar-refractivity contribution in [3.8, 4) is 11.8 Å². The number of hydrogen-bond donors (Lipinski definition) is 1. The molecule has 0 heterocycles. The van der Waals surface area contributed by atoms with E-state index in [0.717, 1.165) is 18.6 Å². The van der Waals surface area contributed by atoms with E-state index in [1.54, 1.807) is 24.3 Å². The number of nitrogens with one attached hydrogen (secondary N) is 1. The van der Waals surface area contributed by atoms with Gasteiger partial charge in [-0.15, -0.1) is 0 Å². The van der Waals surface area contributed by atoms with Gasteiger partial charge in [0.15, 0.2) is 6.61 Å². The highest BCUT2D eigenvalue weighted by molar-refractivity contribution is 5.90. The summed E-state index contributed by atoms with van der Waals surface area (Å²) in [4.78, 5) is 11.8. The van der Waals surface area contributed by atoms with Crippen LogP contribution in [-0.2, 0) is 4.79 Å². The lowest BCUT2D eigenvalue weighted by atomic mass is 9.81. The standard InChI is InChI=1S/C17H21N3O2/c1-12-4-3-5-13(2)17(12)20-19-16(21)11-22-15-8-6-14(10-18)7-9-15/h6-9,12-13H,3-5,11H2,1-2H3,(H,19,21)/t12-,13-/m0/s1. The van der Waals surface area contributed by atoms with E-state index in [9.17, 15) is 4.79 Å². The van der Waals surface area contributed by atoms with Crippen LogP contribution in [0, 0.1) is 23.2 Å². The largest absolute Gasteiger partial charge is 0.484 e. The Balaban J connectivity index is 1.83. The summed E-state index contributed by atoms with van der Waals surface area (Å²) in [5, 5.41) is 13.0. The molecule has 1 saturated carbocycles. The average molecular weight is 299 g/mol. The number of carbonyl (C=O) groups is 1. The molecular weight excluding hydrogens is 278 g/mol. The van der Waals surface area contributed by atoms with Crippen molar-refractivity contribution in [2.75, 3.05) is 6.61 Å². The fourth-order valence-corrected chi connectivity index (χ4v) is 2.67. The maximum absolute atomic E-state index is 11.8. The predicted octanol–water partition coefficient (Wildman–Crippen LogP) is 2.87. The van der Waals surface area contributed by atoms with Crippen molar-refractivity contribution in [3.05, 3.63) is 29.8 Å². The Morgan fingerprint density at radius 3 is 2.55 bits per heavy atom. The molecular formula is C17H21N3O2. The summed E-state index contributed by atoms with van der Waals surface area (Å²) >= 11 is 0. The van der Waals surface area contributed by atoms with Crippen molar-refractivity contribution in [1.29, 1.82) is 5.26 Å². The molecule has 0 spiro atoms. The molecule has 116 valence electrons. The van der Waals surface area contributed by atoms with Gasteiger partial charge in [0.2, 0.25) is 0 Å². The van der Waals surface area contributed by atoms with E-state index in [1.165, 1.54) is 6.42 Å². The zero-order valence-corrected chi connectivity index (χ0v) is 13.0. The normalized spacial score (nSPS) is 20.9. The highest BCUT2D eigenvalue weighted by atomic mass is 16.5. The van der Waals surface area contributed by atoms with Crippen LogP contribution in [0.3, 0.4) is 0 Å². The van der Waals surface area contributed by atoms with Gasteiger partial charge >= 0.3 is 0 Å². The zero-order valence-electron chi connectivity index (χ0n) is 13.0. The molecule has 2 rings (SSSR count). The topological polar surface area (TPSA) is 74.5 Å². The first-order valence-electron chi connectivity index (χ1n) is 7.59. The molecule has 1 aliphatic carbocycles. The van der Waals surface area contributed by atoms with Crippen molar-refractivity contribution in [2.24, 2.45) is 16.9 Å². The van der Waals surface area contributed by atoms with Crippen molar-refractivity contribution >= 4 is 11.6 Å². The summed E-state index contributed by atoms with van der Waals surface area (Å²) in [5.74, 6) is 1.12. The lowest BCUT2D eigenvalue weighted by Gasteiger charge is -2.26. The summed E-state index contributed by atoms with van der Waals surface area (Å²) in [6, 6.07) is 8.67. The molecule has 1 N–H and O–H groups in total. The number of ether oxygens (including phenoxy) is 1. The Kier molecular flexibility index (Phi) is 5.54. The smallest absolute Gasteiger partial charge is 0.277 e. The van der Waals surface area contributed by atoms with Gasteiger partial charge in [-0.3, -0.25) is 4.79 Å². The van der Waals surface area contributed by atoms with Crippen LogP contribution in [0.5, 0.6) is 5.75 Å². The minimum absolute atomic E-state index is 0.0918. The number of nitrogens with zero attached hydrogens (tertiary/aromatic N) is 2. The number of rotatable bonds is 4. The van der Waals surface area contributed by atoms with E-state index in [-0.39, 0.29) is 12.5 Å². The molecule has 1 fully saturated rings. The molecule has 0 bridgehead atoms. The number of carbonyl (C=O) groups excluding carboxylic acids is 1. The van der Waals surface area contributed by atoms with Gasteiger partial charge < -0.3 is 4.74 Å². The number of nitriles is 1. The molecule has 2 atom stereocenters. The molecule has 1 amide bonds. The molecule has 5 nitrogen and oxygen atoms in total. The van der Waals surface area contributed by atoms with Crippen LogP contribution in [0.1, 0.15) is 38.7 Å². The molecule has 0 aromatic heterocycles. The zero-order chi connectivity index (χ0) is 15.9. The lowest BCUT2D eigenvalue weighted by Crippen LogP contribution is -2.31. The third-order valence-electron chi connectivity index (χ3n) is 3.95. The first kappa shape index (κ1) is 16.0. The summed E-state index contributed by atoms with van der Waals surface area (Å²) in [6.07, 6.45) is 3.47. The molecule has 5 heteroatoms. The first-order valence-corrected chi connectivity index (χ1v) is 7.59. The Labute approximate surface area is 131 Å². The van der Waals surface area contributed by atoms with Crippen molar-refractivity contribution in [3.63, 3.8) is 0 Å². The average Bonchev–Trinajstić information content (AvgIpc) is 2.53. The van der Waals surface area contributed by atoms with E-state index < -0.39 is 0 Å². The minimum Gasteiger partial charge on any atom is -0.484 e. The van der Waals surface area contributed by atoms with Gasteiger partial charge in [-0.1, -0.05) is 20.3 Å². The molecule has 1 aromatic rings. The summed E-state index contributed by atoms with van der Waals surface area (Å²) in [5.41, 5.74) is 4.20. The van der Waals surface area contributed by atoms with Crippen molar-refractivity contribution < 1.29 is 9.53 Å². The van der Waals surface area contributed by atoms with Crippen LogP contribution in [0.2, 0.25) is 0 Å². The monoisotopic (exact) mass is 299 g/mol. The van der Waals surface area contributed by atoms with Crippen LogP contribution in [0.15, 0.2) is 29.4 Å². The lowest BCUT2D eigenvalue weighted by molar-refractivity contribution is -0.123.